The van der Waals surface area contributed by atoms with E-state index in [1.54, 1.807) is 6.07 Å². The van der Waals surface area contributed by atoms with Gasteiger partial charge in [0.25, 0.3) is 0 Å². The zero-order chi connectivity index (χ0) is 12.8. The van der Waals surface area contributed by atoms with Crippen molar-refractivity contribution >= 4 is 21.5 Å². The third-order valence-electron chi connectivity index (χ3n) is 4.27. The zero-order valence-corrected chi connectivity index (χ0v) is 10.7. The summed E-state index contributed by atoms with van der Waals surface area (Å²) in [5, 5.41) is 4.71. The first-order chi connectivity index (χ1) is 9.31. The first kappa shape index (κ1) is 11.0. The maximum absolute atomic E-state index is 13.4. The van der Waals surface area contributed by atoms with E-state index in [0.717, 1.165) is 17.2 Å². The SMILES string of the molecule is Fc1ccc2cc3ccc4c(c3cc2c1)CCCC4. The first-order valence-electron chi connectivity index (χ1n) is 6.95. The molecule has 0 bridgehead atoms. The summed E-state index contributed by atoms with van der Waals surface area (Å²) in [6.07, 6.45) is 4.91. The highest BCUT2D eigenvalue weighted by Gasteiger charge is 2.12. The molecule has 0 fully saturated rings. The molecule has 19 heavy (non-hydrogen) atoms. The quantitative estimate of drug-likeness (QED) is 0.492. The van der Waals surface area contributed by atoms with Crippen LogP contribution in [0.25, 0.3) is 21.5 Å². The summed E-state index contributed by atoms with van der Waals surface area (Å²) in [6.45, 7) is 0. The van der Waals surface area contributed by atoms with E-state index in [2.05, 4.69) is 24.3 Å². The van der Waals surface area contributed by atoms with E-state index in [0.29, 0.717) is 0 Å². The lowest BCUT2D eigenvalue weighted by molar-refractivity contribution is 0.630. The zero-order valence-electron chi connectivity index (χ0n) is 10.7. The molecule has 1 aliphatic rings. The van der Waals surface area contributed by atoms with Crippen LogP contribution in [0.4, 0.5) is 4.39 Å². The number of rotatable bonds is 0. The van der Waals surface area contributed by atoms with Crippen molar-refractivity contribution in [1.29, 1.82) is 0 Å². The highest BCUT2D eigenvalue weighted by Crippen LogP contribution is 2.32. The smallest absolute Gasteiger partial charge is 0.123 e. The van der Waals surface area contributed by atoms with Crippen LogP contribution in [0.1, 0.15) is 24.0 Å². The van der Waals surface area contributed by atoms with Crippen LogP contribution in [0, 0.1) is 5.82 Å². The van der Waals surface area contributed by atoms with E-state index in [1.807, 2.05) is 6.07 Å². The lowest BCUT2D eigenvalue weighted by Gasteiger charge is -2.18. The number of hydrogen-bond acceptors (Lipinski definition) is 0. The third kappa shape index (κ3) is 1.73. The number of benzene rings is 3. The lowest BCUT2D eigenvalue weighted by Crippen LogP contribution is -2.02. The topological polar surface area (TPSA) is 0 Å². The Labute approximate surface area is 111 Å². The van der Waals surface area contributed by atoms with E-state index < -0.39 is 0 Å². The average Bonchev–Trinajstić information content (AvgIpc) is 2.45. The second-order valence-electron chi connectivity index (χ2n) is 5.48. The summed E-state index contributed by atoms with van der Waals surface area (Å²) in [7, 11) is 0. The van der Waals surface area contributed by atoms with E-state index >= 15 is 0 Å². The molecule has 0 aromatic heterocycles. The van der Waals surface area contributed by atoms with Gasteiger partial charge in [-0.05, 0) is 82.6 Å². The van der Waals surface area contributed by atoms with Crippen molar-refractivity contribution in [3.05, 3.63) is 59.4 Å². The number of aryl methyl sites for hydroxylation is 2. The van der Waals surface area contributed by atoms with Crippen molar-refractivity contribution in [2.24, 2.45) is 0 Å². The third-order valence-corrected chi connectivity index (χ3v) is 4.27. The highest BCUT2D eigenvalue weighted by atomic mass is 19.1. The van der Waals surface area contributed by atoms with Crippen LogP contribution < -0.4 is 0 Å². The van der Waals surface area contributed by atoms with E-state index in [4.69, 9.17) is 0 Å². The molecule has 0 unspecified atom stereocenters. The van der Waals surface area contributed by atoms with Gasteiger partial charge in [-0.25, -0.2) is 4.39 Å². The van der Waals surface area contributed by atoms with Crippen LogP contribution in [0.15, 0.2) is 42.5 Å². The summed E-state index contributed by atoms with van der Waals surface area (Å²) in [5.41, 5.74) is 2.96. The summed E-state index contributed by atoms with van der Waals surface area (Å²) >= 11 is 0. The molecule has 4 rings (SSSR count). The number of halogens is 1. The van der Waals surface area contributed by atoms with Crippen molar-refractivity contribution in [3.63, 3.8) is 0 Å². The van der Waals surface area contributed by atoms with Gasteiger partial charge in [-0.1, -0.05) is 18.2 Å². The second kappa shape index (κ2) is 4.06. The molecule has 0 radical (unpaired) electrons. The van der Waals surface area contributed by atoms with Gasteiger partial charge in [-0.15, -0.1) is 0 Å². The summed E-state index contributed by atoms with van der Waals surface area (Å²) in [4.78, 5) is 0. The monoisotopic (exact) mass is 250 g/mol. The molecule has 3 aromatic rings. The standard InChI is InChI=1S/C18H15F/c19-16-8-7-13-9-14-6-5-12-3-1-2-4-17(12)18(14)11-15(13)10-16/h5-11H,1-4H2. The molecule has 0 heterocycles. The van der Waals surface area contributed by atoms with Gasteiger partial charge in [-0.2, -0.15) is 0 Å². The number of fused-ring (bicyclic) bond motifs is 4. The highest BCUT2D eigenvalue weighted by molar-refractivity contribution is 6.00. The normalized spacial score (nSPS) is 14.8. The fourth-order valence-corrected chi connectivity index (χ4v) is 3.30. The Morgan fingerprint density at radius 2 is 1.58 bits per heavy atom. The second-order valence-corrected chi connectivity index (χ2v) is 5.48. The summed E-state index contributed by atoms with van der Waals surface area (Å²) in [6, 6.07) is 13.9. The van der Waals surface area contributed by atoms with Crippen molar-refractivity contribution in [1.82, 2.24) is 0 Å². The fourth-order valence-electron chi connectivity index (χ4n) is 3.30. The predicted molar refractivity (Wildman–Crippen MR) is 78.1 cm³/mol. The molecular weight excluding hydrogens is 235 g/mol. The Hall–Kier alpha value is -1.89. The van der Waals surface area contributed by atoms with Crippen LogP contribution in [0.2, 0.25) is 0 Å². The fraction of sp³-hybridized carbons (Fsp3) is 0.222. The largest absolute Gasteiger partial charge is 0.207 e. The van der Waals surface area contributed by atoms with Gasteiger partial charge in [0.05, 0.1) is 0 Å². The predicted octanol–water partition coefficient (Wildman–Crippen LogP) is 5.01. The first-order valence-corrected chi connectivity index (χ1v) is 6.95. The molecule has 0 saturated heterocycles. The van der Waals surface area contributed by atoms with Crippen molar-refractivity contribution in [3.8, 4) is 0 Å². The minimum absolute atomic E-state index is 0.156. The van der Waals surface area contributed by atoms with E-state index in [-0.39, 0.29) is 5.82 Å². The van der Waals surface area contributed by atoms with Crippen LogP contribution in [0.3, 0.4) is 0 Å². The molecule has 94 valence electrons. The van der Waals surface area contributed by atoms with Crippen LogP contribution in [-0.4, -0.2) is 0 Å². The van der Waals surface area contributed by atoms with Crippen LogP contribution in [-0.2, 0) is 12.8 Å². The van der Waals surface area contributed by atoms with Crippen LogP contribution >= 0.6 is 0 Å². The Morgan fingerprint density at radius 1 is 0.737 bits per heavy atom. The molecule has 0 aliphatic heterocycles. The summed E-state index contributed by atoms with van der Waals surface area (Å²) < 4.78 is 13.4. The minimum Gasteiger partial charge on any atom is -0.207 e. The molecule has 1 heteroatoms. The maximum atomic E-state index is 13.4. The average molecular weight is 250 g/mol. The molecule has 0 nitrogen and oxygen atoms in total. The van der Waals surface area contributed by atoms with Crippen LogP contribution in [0.5, 0.6) is 0 Å². The van der Waals surface area contributed by atoms with E-state index in [1.165, 1.54) is 47.2 Å². The van der Waals surface area contributed by atoms with Crippen molar-refractivity contribution in [2.45, 2.75) is 25.7 Å². The Bertz CT molecular complexity index is 786. The van der Waals surface area contributed by atoms with Gasteiger partial charge < -0.3 is 0 Å². The molecule has 0 N–H and O–H groups in total. The maximum Gasteiger partial charge on any atom is 0.123 e. The Balaban J connectivity index is 2.09. The van der Waals surface area contributed by atoms with Gasteiger partial charge >= 0.3 is 0 Å². The van der Waals surface area contributed by atoms with Gasteiger partial charge in [0.2, 0.25) is 0 Å². The van der Waals surface area contributed by atoms with Crippen molar-refractivity contribution in [2.75, 3.05) is 0 Å². The minimum atomic E-state index is -0.156. The molecule has 0 amide bonds. The Kier molecular flexibility index (Phi) is 2.34. The van der Waals surface area contributed by atoms with E-state index in [9.17, 15) is 4.39 Å². The molecule has 1 aliphatic carbocycles. The van der Waals surface area contributed by atoms with Gasteiger partial charge in [0.15, 0.2) is 0 Å². The molecule has 3 aromatic carbocycles. The van der Waals surface area contributed by atoms with Gasteiger partial charge in [0.1, 0.15) is 5.82 Å². The molecule has 0 saturated carbocycles. The van der Waals surface area contributed by atoms with Crippen molar-refractivity contribution < 1.29 is 4.39 Å². The summed E-state index contributed by atoms with van der Waals surface area (Å²) in [5.74, 6) is -0.156. The lowest BCUT2D eigenvalue weighted by atomic mass is 9.87. The van der Waals surface area contributed by atoms with Gasteiger partial charge in [-0.3, -0.25) is 0 Å². The Morgan fingerprint density at radius 3 is 2.53 bits per heavy atom. The molecule has 0 atom stereocenters. The molecule has 0 spiro atoms. The molecular formula is C18H15F. The number of hydrogen-bond donors (Lipinski definition) is 0. The van der Waals surface area contributed by atoms with Gasteiger partial charge in [0, 0.05) is 0 Å².